The van der Waals surface area contributed by atoms with Crippen molar-refractivity contribution in [3.05, 3.63) is 40.4 Å². The highest BCUT2D eigenvalue weighted by Gasteiger charge is 2.15. The van der Waals surface area contributed by atoms with Crippen molar-refractivity contribution in [3.63, 3.8) is 0 Å². The molecule has 1 amide bonds. The lowest BCUT2D eigenvalue weighted by atomic mass is 10.2. The normalized spacial score (nSPS) is 10.8. The average molecular weight is 380 g/mol. The molecule has 3 aromatic rings. The molecule has 0 aliphatic carbocycles. The summed E-state index contributed by atoms with van der Waals surface area (Å²) in [6, 6.07) is 7.45. The lowest BCUT2D eigenvalue weighted by Gasteiger charge is -2.05. The molecule has 0 aliphatic heterocycles. The Kier molecular flexibility index (Phi) is 5.17. The van der Waals surface area contributed by atoms with E-state index in [9.17, 15) is 4.79 Å². The Morgan fingerprint density at radius 3 is 2.88 bits per heavy atom. The van der Waals surface area contributed by atoms with E-state index >= 15 is 0 Å². The summed E-state index contributed by atoms with van der Waals surface area (Å²) < 4.78 is 1.83. The maximum absolute atomic E-state index is 12.0. The van der Waals surface area contributed by atoms with Crippen molar-refractivity contribution < 1.29 is 4.79 Å². The fourth-order valence-corrected chi connectivity index (χ4v) is 3.63. The van der Waals surface area contributed by atoms with Crippen LogP contribution in [-0.4, -0.2) is 31.4 Å². The number of halogens is 1. The monoisotopic (exact) mass is 379 g/mol. The van der Waals surface area contributed by atoms with Gasteiger partial charge in [0.25, 0.3) is 0 Å². The number of aromatic nitrogens is 4. The van der Waals surface area contributed by atoms with E-state index in [1.807, 2.05) is 42.8 Å². The number of carbonyl (C=O) groups is 1. The zero-order chi connectivity index (χ0) is 17.1. The quantitative estimate of drug-likeness (QED) is 0.685. The third kappa shape index (κ3) is 3.77. The van der Waals surface area contributed by atoms with Crippen LogP contribution in [0.15, 0.2) is 35.6 Å². The Hall–Kier alpha value is -1.90. The summed E-state index contributed by atoms with van der Waals surface area (Å²) in [6.07, 6.45) is 1.73. The van der Waals surface area contributed by atoms with Crippen molar-refractivity contribution in [1.82, 2.24) is 19.7 Å². The van der Waals surface area contributed by atoms with Crippen LogP contribution in [0.1, 0.15) is 4.88 Å². The molecule has 1 N–H and O–H groups in total. The Balaban J connectivity index is 1.66. The third-order valence-electron chi connectivity index (χ3n) is 3.15. The number of benzene rings is 1. The standard InChI is InChI=1S/C15H14ClN5OS2/c1-9-7-17-14(24-9)18-12(22)8-23-15-20-19-13(21(15)2)10-5-3-4-6-11(10)16/h3-7H,8H2,1-2H3,(H,17,18,22). The van der Waals surface area contributed by atoms with Gasteiger partial charge in [0.2, 0.25) is 5.91 Å². The van der Waals surface area contributed by atoms with Crippen LogP contribution in [0.5, 0.6) is 0 Å². The van der Waals surface area contributed by atoms with Gasteiger partial charge in [0.1, 0.15) is 0 Å². The molecule has 0 aliphatic rings. The van der Waals surface area contributed by atoms with Crippen LogP contribution < -0.4 is 5.32 Å². The van der Waals surface area contributed by atoms with Crippen LogP contribution in [0.3, 0.4) is 0 Å². The molecule has 2 aromatic heterocycles. The van der Waals surface area contributed by atoms with Crippen LogP contribution in [0.4, 0.5) is 5.13 Å². The van der Waals surface area contributed by atoms with Gasteiger partial charge in [0.05, 0.1) is 10.8 Å². The average Bonchev–Trinajstić information content (AvgIpc) is 3.12. The SMILES string of the molecule is Cc1cnc(NC(=O)CSc2nnc(-c3ccccc3Cl)n2C)s1. The van der Waals surface area contributed by atoms with Crippen molar-refractivity contribution in [3.8, 4) is 11.4 Å². The maximum atomic E-state index is 12.0. The summed E-state index contributed by atoms with van der Waals surface area (Å²) in [7, 11) is 1.85. The fraction of sp³-hybridized carbons (Fsp3) is 0.200. The van der Waals surface area contributed by atoms with Crippen LogP contribution in [0, 0.1) is 6.92 Å². The summed E-state index contributed by atoms with van der Waals surface area (Å²) in [5.74, 6) is 0.767. The predicted octanol–water partition coefficient (Wildman–Crippen LogP) is 3.63. The van der Waals surface area contributed by atoms with E-state index in [-0.39, 0.29) is 11.7 Å². The van der Waals surface area contributed by atoms with Gasteiger partial charge >= 0.3 is 0 Å². The van der Waals surface area contributed by atoms with E-state index in [1.165, 1.54) is 23.1 Å². The molecular formula is C15H14ClN5OS2. The van der Waals surface area contributed by atoms with E-state index < -0.39 is 0 Å². The fourth-order valence-electron chi connectivity index (χ4n) is 2.02. The van der Waals surface area contributed by atoms with Crippen LogP contribution in [0.2, 0.25) is 5.02 Å². The van der Waals surface area contributed by atoms with Gasteiger partial charge in [-0.3, -0.25) is 4.79 Å². The highest BCUT2D eigenvalue weighted by Crippen LogP contribution is 2.28. The molecule has 1 aromatic carbocycles. The van der Waals surface area contributed by atoms with Gasteiger partial charge in [0, 0.05) is 23.7 Å². The second-order valence-electron chi connectivity index (χ2n) is 4.96. The zero-order valence-electron chi connectivity index (χ0n) is 13.0. The van der Waals surface area contributed by atoms with Crippen molar-refractivity contribution in [2.45, 2.75) is 12.1 Å². The van der Waals surface area contributed by atoms with E-state index in [0.717, 1.165) is 10.4 Å². The van der Waals surface area contributed by atoms with Crippen LogP contribution in [-0.2, 0) is 11.8 Å². The van der Waals surface area contributed by atoms with Gasteiger partial charge in [-0.1, -0.05) is 35.5 Å². The van der Waals surface area contributed by atoms with Gasteiger partial charge in [-0.2, -0.15) is 0 Å². The number of anilines is 1. The molecule has 0 saturated heterocycles. The van der Waals surface area contributed by atoms with Crippen molar-refractivity contribution in [1.29, 1.82) is 0 Å². The van der Waals surface area contributed by atoms with Crippen LogP contribution in [0.25, 0.3) is 11.4 Å². The topological polar surface area (TPSA) is 72.7 Å². The Morgan fingerprint density at radius 2 is 2.17 bits per heavy atom. The molecular weight excluding hydrogens is 366 g/mol. The van der Waals surface area contributed by atoms with E-state index in [0.29, 0.717) is 21.1 Å². The molecule has 0 fully saturated rings. The van der Waals surface area contributed by atoms with Crippen LogP contribution >= 0.6 is 34.7 Å². The first kappa shape index (κ1) is 16.9. The molecule has 0 spiro atoms. The van der Waals surface area contributed by atoms with Crippen molar-refractivity contribution >= 4 is 45.7 Å². The number of aryl methyl sites for hydroxylation is 1. The lowest BCUT2D eigenvalue weighted by Crippen LogP contribution is -2.14. The molecule has 0 bridgehead atoms. The first-order chi connectivity index (χ1) is 11.5. The minimum atomic E-state index is -0.128. The first-order valence-corrected chi connectivity index (χ1v) is 9.22. The highest BCUT2D eigenvalue weighted by atomic mass is 35.5. The molecule has 2 heterocycles. The van der Waals surface area contributed by atoms with E-state index in [2.05, 4.69) is 20.5 Å². The minimum absolute atomic E-state index is 0.128. The second-order valence-corrected chi connectivity index (χ2v) is 7.54. The van der Waals surface area contributed by atoms with Gasteiger partial charge in [-0.15, -0.1) is 21.5 Å². The second kappa shape index (κ2) is 7.33. The Labute approximate surface area is 152 Å². The number of hydrogen-bond donors (Lipinski definition) is 1. The summed E-state index contributed by atoms with van der Waals surface area (Å²) in [5, 5.41) is 13.0. The smallest absolute Gasteiger partial charge is 0.236 e. The molecule has 0 saturated carbocycles. The Morgan fingerprint density at radius 1 is 1.38 bits per heavy atom. The van der Waals surface area contributed by atoms with Gasteiger partial charge < -0.3 is 9.88 Å². The molecule has 0 atom stereocenters. The van der Waals surface area contributed by atoms with Gasteiger partial charge in [0.15, 0.2) is 16.1 Å². The molecule has 24 heavy (non-hydrogen) atoms. The molecule has 124 valence electrons. The predicted molar refractivity (Wildman–Crippen MR) is 97.7 cm³/mol. The largest absolute Gasteiger partial charge is 0.305 e. The number of hydrogen-bond acceptors (Lipinski definition) is 6. The molecule has 0 unspecified atom stereocenters. The molecule has 0 radical (unpaired) electrons. The number of nitrogens with zero attached hydrogens (tertiary/aromatic N) is 4. The van der Waals surface area contributed by atoms with Gasteiger partial charge in [-0.05, 0) is 19.1 Å². The van der Waals surface area contributed by atoms with Crippen molar-refractivity contribution in [2.75, 3.05) is 11.1 Å². The lowest BCUT2D eigenvalue weighted by molar-refractivity contribution is -0.113. The van der Waals surface area contributed by atoms with E-state index in [4.69, 9.17) is 11.6 Å². The number of thiazole rings is 1. The number of rotatable bonds is 5. The number of thioether (sulfide) groups is 1. The van der Waals surface area contributed by atoms with Gasteiger partial charge in [-0.25, -0.2) is 4.98 Å². The molecule has 6 nitrogen and oxygen atoms in total. The number of amides is 1. The van der Waals surface area contributed by atoms with Crippen molar-refractivity contribution in [2.24, 2.45) is 7.05 Å². The first-order valence-electron chi connectivity index (χ1n) is 7.04. The molecule has 9 heteroatoms. The number of carbonyl (C=O) groups excluding carboxylic acids is 1. The summed E-state index contributed by atoms with van der Waals surface area (Å²) in [6.45, 7) is 1.94. The summed E-state index contributed by atoms with van der Waals surface area (Å²) in [5.41, 5.74) is 0.809. The Bertz CT molecular complexity index is 876. The molecule has 3 rings (SSSR count). The minimum Gasteiger partial charge on any atom is -0.305 e. The third-order valence-corrected chi connectivity index (χ3v) is 5.33. The summed E-state index contributed by atoms with van der Waals surface area (Å²) in [4.78, 5) is 17.2. The zero-order valence-corrected chi connectivity index (χ0v) is 15.4. The van der Waals surface area contributed by atoms with E-state index in [1.54, 1.807) is 6.20 Å². The number of nitrogens with one attached hydrogen (secondary N) is 1. The highest BCUT2D eigenvalue weighted by molar-refractivity contribution is 7.99. The maximum Gasteiger partial charge on any atom is 0.236 e. The summed E-state index contributed by atoms with van der Waals surface area (Å²) >= 11 is 8.96.